The molecule has 0 amide bonds. The van der Waals surface area contributed by atoms with E-state index in [-0.39, 0.29) is 0 Å². The van der Waals surface area contributed by atoms with Crippen molar-refractivity contribution in [2.75, 3.05) is 14.2 Å². The van der Waals surface area contributed by atoms with E-state index in [2.05, 4.69) is 12.2 Å². The number of halogens is 1. The summed E-state index contributed by atoms with van der Waals surface area (Å²) >= 11 is 6.31. The highest BCUT2D eigenvalue weighted by Crippen LogP contribution is 2.45. The lowest BCUT2D eigenvalue weighted by Crippen LogP contribution is -2.24. The Hall–Kier alpha value is -0.730. The lowest BCUT2D eigenvalue weighted by atomic mass is 9.80. The van der Waals surface area contributed by atoms with Crippen LogP contribution in [-0.4, -0.2) is 14.2 Å². The van der Waals surface area contributed by atoms with Crippen molar-refractivity contribution in [3.05, 3.63) is 28.3 Å². The first kappa shape index (κ1) is 11.7. The number of rotatable bonds is 2. The Morgan fingerprint density at radius 1 is 1.31 bits per heavy atom. The van der Waals surface area contributed by atoms with Crippen LogP contribution in [0.15, 0.2) is 12.1 Å². The van der Waals surface area contributed by atoms with Crippen molar-refractivity contribution in [1.82, 2.24) is 5.32 Å². The lowest BCUT2D eigenvalue weighted by molar-refractivity contribution is 0.388. The topological polar surface area (TPSA) is 21.3 Å². The highest BCUT2D eigenvalue weighted by Gasteiger charge is 2.28. The van der Waals surface area contributed by atoms with Crippen LogP contribution >= 0.6 is 11.6 Å². The Morgan fingerprint density at radius 2 is 2.06 bits per heavy atom. The summed E-state index contributed by atoms with van der Waals surface area (Å²) in [4.78, 5) is 0. The first-order valence-electron chi connectivity index (χ1n) is 5.72. The van der Waals surface area contributed by atoms with E-state index in [1.165, 1.54) is 17.5 Å². The summed E-state index contributed by atoms with van der Waals surface area (Å²) in [5.74, 6) is 1.49. The molecular weight excluding hydrogens is 222 g/mol. The second-order valence-electron chi connectivity index (χ2n) is 4.40. The predicted molar refractivity (Wildman–Crippen MR) is 67.5 cm³/mol. The zero-order chi connectivity index (χ0) is 11.7. The molecular formula is C13H18ClNO. The van der Waals surface area contributed by atoms with Gasteiger partial charge in [-0.15, -0.1) is 0 Å². The van der Waals surface area contributed by atoms with Crippen LogP contribution in [0.25, 0.3) is 0 Å². The fourth-order valence-corrected chi connectivity index (χ4v) is 2.92. The first-order chi connectivity index (χ1) is 7.69. The van der Waals surface area contributed by atoms with Gasteiger partial charge in [-0.25, -0.2) is 0 Å². The van der Waals surface area contributed by atoms with Gasteiger partial charge in [-0.1, -0.05) is 18.5 Å². The Bertz CT molecular complexity index is 392. The zero-order valence-electron chi connectivity index (χ0n) is 10.0. The minimum absolute atomic E-state index is 0.355. The third-order valence-corrected chi connectivity index (χ3v) is 3.82. The molecule has 2 unspecified atom stereocenters. The second kappa shape index (κ2) is 4.64. The molecule has 16 heavy (non-hydrogen) atoms. The Morgan fingerprint density at radius 3 is 2.69 bits per heavy atom. The number of methoxy groups -OCH3 is 1. The molecule has 1 N–H and O–H groups in total. The van der Waals surface area contributed by atoms with Gasteiger partial charge in [0.15, 0.2) is 0 Å². The average Bonchev–Trinajstić information content (AvgIpc) is 2.31. The van der Waals surface area contributed by atoms with Crippen LogP contribution in [0.1, 0.15) is 42.9 Å². The number of hydrogen-bond acceptors (Lipinski definition) is 2. The smallest absolute Gasteiger partial charge is 0.122 e. The summed E-state index contributed by atoms with van der Waals surface area (Å²) in [5, 5.41) is 4.18. The molecule has 88 valence electrons. The maximum absolute atomic E-state index is 6.31. The van der Waals surface area contributed by atoms with E-state index in [1.54, 1.807) is 7.11 Å². The molecule has 1 aliphatic rings. The van der Waals surface area contributed by atoms with Crippen molar-refractivity contribution in [2.24, 2.45) is 0 Å². The van der Waals surface area contributed by atoms with Crippen LogP contribution in [0.2, 0.25) is 5.02 Å². The van der Waals surface area contributed by atoms with Crippen LogP contribution in [-0.2, 0) is 0 Å². The number of hydrogen-bond donors (Lipinski definition) is 1. The molecule has 2 rings (SSSR count). The maximum atomic E-state index is 6.31. The van der Waals surface area contributed by atoms with Gasteiger partial charge in [0.1, 0.15) is 5.75 Å². The van der Waals surface area contributed by atoms with Crippen molar-refractivity contribution < 1.29 is 4.74 Å². The van der Waals surface area contributed by atoms with Crippen molar-refractivity contribution in [3.63, 3.8) is 0 Å². The molecule has 2 atom stereocenters. The van der Waals surface area contributed by atoms with Gasteiger partial charge in [-0.3, -0.25) is 0 Å². The van der Waals surface area contributed by atoms with Crippen molar-refractivity contribution in [1.29, 1.82) is 0 Å². The van der Waals surface area contributed by atoms with E-state index >= 15 is 0 Å². The van der Waals surface area contributed by atoms with Gasteiger partial charge in [0.05, 0.1) is 7.11 Å². The molecule has 0 spiro atoms. The summed E-state index contributed by atoms with van der Waals surface area (Å²) in [6.07, 6.45) is 2.31. The monoisotopic (exact) mass is 239 g/mol. The summed E-state index contributed by atoms with van der Waals surface area (Å²) < 4.78 is 5.44. The highest BCUT2D eigenvalue weighted by atomic mass is 35.5. The highest BCUT2D eigenvalue weighted by molar-refractivity contribution is 6.31. The van der Waals surface area contributed by atoms with Gasteiger partial charge in [0.25, 0.3) is 0 Å². The standard InChI is InChI=1S/C13H18ClNO/c1-8-4-6-10(15-2)13-9(14)5-7-11(16-3)12(8)13/h5,7-8,10,15H,4,6H2,1-3H3. The quantitative estimate of drug-likeness (QED) is 0.853. The summed E-state index contributed by atoms with van der Waals surface area (Å²) in [6.45, 7) is 2.24. The van der Waals surface area contributed by atoms with Crippen LogP contribution in [0.5, 0.6) is 5.75 Å². The molecule has 1 aromatic carbocycles. The van der Waals surface area contributed by atoms with Gasteiger partial charge < -0.3 is 10.1 Å². The van der Waals surface area contributed by atoms with Gasteiger partial charge in [-0.05, 0) is 43.5 Å². The molecule has 0 radical (unpaired) electrons. The summed E-state index contributed by atoms with van der Waals surface area (Å²) in [6, 6.07) is 4.26. The fourth-order valence-electron chi connectivity index (χ4n) is 2.62. The molecule has 0 aromatic heterocycles. The van der Waals surface area contributed by atoms with Crippen LogP contribution < -0.4 is 10.1 Å². The normalized spacial score (nSPS) is 24.0. The minimum Gasteiger partial charge on any atom is -0.496 e. The molecule has 2 nitrogen and oxygen atoms in total. The summed E-state index contributed by atoms with van der Waals surface area (Å²) in [7, 11) is 3.71. The van der Waals surface area contributed by atoms with E-state index in [4.69, 9.17) is 16.3 Å². The van der Waals surface area contributed by atoms with Gasteiger partial charge >= 0.3 is 0 Å². The molecule has 0 heterocycles. The van der Waals surface area contributed by atoms with Crippen molar-refractivity contribution in [2.45, 2.75) is 31.7 Å². The predicted octanol–water partition coefficient (Wildman–Crippen LogP) is 3.51. The van der Waals surface area contributed by atoms with E-state index < -0.39 is 0 Å². The minimum atomic E-state index is 0.355. The average molecular weight is 240 g/mol. The van der Waals surface area contributed by atoms with E-state index in [0.717, 1.165) is 17.2 Å². The van der Waals surface area contributed by atoms with Gasteiger partial charge in [0.2, 0.25) is 0 Å². The van der Waals surface area contributed by atoms with Crippen molar-refractivity contribution >= 4 is 11.6 Å². The van der Waals surface area contributed by atoms with Crippen LogP contribution in [0, 0.1) is 0 Å². The lowest BCUT2D eigenvalue weighted by Gasteiger charge is -2.31. The third kappa shape index (κ3) is 1.80. The molecule has 0 fully saturated rings. The Balaban J connectivity index is 2.60. The number of nitrogens with one attached hydrogen (secondary N) is 1. The zero-order valence-corrected chi connectivity index (χ0v) is 10.8. The molecule has 1 aromatic rings. The SMILES string of the molecule is CNC1CCC(C)c2c(OC)ccc(Cl)c21. The summed E-state index contributed by atoms with van der Waals surface area (Å²) in [5.41, 5.74) is 2.50. The van der Waals surface area contributed by atoms with Crippen LogP contribution in [0.4, 0.5) is 0 Å². The molecule has 3 heteroatoms. The largest absolute Gasteiger partial charge is 0.496 e. The van der Waals surface area contributed by atoms with Gasteiger partial charge in [0, 0.05) is 16.6 Å². The van der Waals surface area contributed by atoms with Crippen LogP contribution in [0.3, 0.4) is 0 Å². The Labute approximate surface area is 102 Å². The number of benzene rings is 1. The second-order valence-corrected chi connectivity index (χ2v) is 4.80. The maximum Gasteiger partial charge on any atom is 0.122 e. The van der Waals surface area contributed by atoms with E-state index in [1.807, 2.05) is 19.2 Å². The number of fused-ring (bicyclic) bond motifs is 1. The van der Waals surface area contributed by atoms with E-state index in [0.29, 0.717) is 12.0 Å². The first-order valence-corrected chi connectivity index (χ1v) is 6.10. The molecule has 0 aliphatic heterocycles. The van der Waals surface area contributed by atoms with Crippen molar-refractivity contribution in [3.8, 4) is 5.75 Å². The molecule has 0 saturated heterocycles. The van der Waals surface area contributed by atoms with Gasteiger partial charge in [-0.2, -0.15) is 0 Å². The molecule has 0 bridgehead atoms. The molecule has 1 aliphatic carbocycles. The van der Waals surface area contributed by atoms with E-state index in [9.17, 15) is 0 Å². The number of ether oxygens (including phenoxy) is 1. The fraction of sp³-hybridized carbons (Fsp3) is 0.538. The third-order valence-electron chi connectivity index (χ3n) is 3.49. The Kier molecular flexibility index (Phi) is 3.41. The molecule has 0 saturated carbocycles.